The minimum absolute atomic E-state index is 0.000856. The molecule has 1 aliphatic heterocycles. The Bertz CT molecular complexity index is 1000. The van der Waals surface area contributed by atoms with Gasteiger partial charge >= 0.3 is 5.97 Å². The maximum absolute atomic E-state index is 14.8. The average molecular weight is 373 g/mol. The Morgan fingerprint density at radius 3 is 2.63 bits per heavy atom. The van der Waals surface area contributed by atoms with Crippen LogP contribution in [0.1, 0.15) is 42.1 Å². The molecule has 8 heteroatoms. The van der Waals surface area contributed by atoms with E-state index < -0.39 is 17.2 Å². The fraction of sp³-hybridized carbons (Fsp3) is 0.421. The molecule has 1 saturated carbocycles. The molecule has 1 saturated heterocycles. The maximum atomic E-state index is 14.8. The number of aromatic nitrogens is 2. The fourth-order valence-electron chi connectivity index (χ4n) is 3.58. The van der Waals surface area contributed by atoms with Gasteiger partial charge in [0.2, 0.25) is 5.43 Å². The number of aliphatic hydroxyl groups excluding tert-OH is 1. The van der Waals surface area contributed by atoms with Gasteiger partial charge in [0.1, 0.15) is 11.2 Å². The van der Waals surface area contributed by atoms with Gasteiger partial charge in [0.25, 0.3) is 0 Å². The van der Waals surface area contributed by atoms with Crippen LogP contribution in [0.3, 0.4) is 0 Å². The van der Waals surface area contributed by atoms with Gasteiger partial charge in [-0.05, 0) is 31.7 Å². The number of carbonyl (C=O) groups is 1. The molecular weight excluding hydrogens is 353 g/mol. The van der Waals surface area contributed by atoms with Crippen molar-refractivity contribution in [1.82, 2.24) is 9.55 Å². The third kappa shape index (κ3) is 3.21. The van der Waals surface area contributed by atoms with Crippen LogP contribution >= 0.6 is 0 Å². The highest BCUT2D eigenvalue weighted by atomic mass is 19.1. The second-order valence-electron chi connectivity index (χ2n) is 7.01. The summed E-state index contributed by atoms with van der Waals surface area (Å²) < 4.78 is 16.5. The summed E-state index contributed by atoms with van der Waals surface area (Å²) in [5, 5.41) is 18.3. The lowest BCUT2D eigenvalue weighted by molar-refractivity contribution is 0.0695. The highest BCUT2D eigenvalue weighted by Crippen LogP contribution is 2.37. The maximum Gasteiger partial charge on any atom is 0.341 e. The second kappa shape index (κ2) is 6.77. The van der Waals surface area contributed by atoms with Crippen LogP contribution in [0.5, 0.6) is 0 Å². The zero-order valence-corrected chi connectivity index (χ0v) is 14.7. The smallest absolute Gasteiger partial charge is 0.341 e. The van der Waals surface area contributed by atoms with Crippen molar-refractivity contribution in [1.29, 1.82) is 0 Å². The van der Waals surface area contributed by atoms with Gasteiger partial charge in [-0.1, -0.05) is 11.6 Å². The van der Waals surface area contributed by atoms with E-state index in [1.807, 2.05) is 4.90 Å². The highest BCUT2D eigenvalue weighted by molar-refractivity contribution is 5.92. The van der Waals surface area contributed by atoms with Gasteiger partial charge in [-0.15, -0.1) is 0 Å². The van der Waals surface area contributed by atoms with E-state index in [1.54, 1.807) is 10.6 Å². The number of carboxylic acid groups (broad SMARTS) is 1. The van der Waals surface area contributed by atoms with E-state index in [0.717, 1.165) is 24.5 Å². The number of hydrogen-bond acceptors (Lipinski definition) is 5. The molecule has 1 aliphatic carbocycles. The molecule has 2 aliphatic rings. The van der Waals surface area contributed by atoms with Crippen LogP contribution < -0.4 is 10.3 Å². The van der Waals surface area contributed by atoms with Crippen LogP contribution in [-0.4, -0.2) is 45.4 Å². The Hall–Kier alpha value is -2.74. The Morgan fingerprint density at radius 1 is 1.33 bits per heavy atom. The molecule has 0 radical (unpaired) electrons. The molecule has 2 fully saturated rings. The van der Waals surface area contributed by atoms with Gasteiger partial charge in [-0.3, -0.25) is 4.79 Å². The van der Waals surface area contributed by atoms with Crippen LogP contribution in [0.25, 0.3) is 11.0 Å². The quantitative estimate of drug-likeness (QED) is 0.797. The number of nitrogens with zero attached hydrogens (tertiary/aromatic N) is 3. The second-order valence-corrected chi connectivity index (χ2v) is 7.01. The first-order valence-corrected chi connectivity index (χ1v) is 9.02. The molecule has 4 rings (SSSR count). The minimum Gasteiger partial charge on any atom is -0.477 e. The molecule has 27 heavy (non-hydrogen) atoms. The van der Waals surface area contributed by atoms with Crippen molar-refractivity contribution in [2.24, 2.45) is 0 Å². The summed E-state index contributed by atoms with van der Waals surface area (Å²) in [6, 6.07) is 1.21. The molecule has 2 aromatic heterocycles. The van der Waals surface area contributed by atoms with Crippen LogP contribution in [0.15, 0.2) is 28.7 Å². The topological polar surface area (TPSA) is 95.7 Å². The molecule has 0 aromatic carbocycles. The van der Waals surface area contributed by atoms with Crippen molar-refractivity contribution in [3.8, 4) is 0 Å². The molecule has 0 amide bonds. The Labute approximate surface area is 154 Å². The lowest BCUT2D eigenvalue weighted by Crippen LogP contribution is -2.32. The third-order valence-corrected chi connectivity index (χ3v) is 5.20. The Kier molecular flexibility index (Phi) is 4.43. The van der Waals surface area contributed by atoms with E-state index in [9.17, 15) is 19.1 Å². The van der Waals surface area contributed by atoms with Crippen LogP contribution in [-0.2, 0) is 0 Å². The number of hydrogen-bond donors (Lipinski definition) is 2. The Balaban J connectivity index is 1.80. The number of halogens is 1. The van der Waals surface area contributed by atoms with Gasteiger partial charge in [0.15, 0.2) is 11.6 Å². The summed E-state index contributed by atoms with van der Waals surface area (Å²) in [5.41, 5.74) is 0.399. The molecule has 2 N–H and O–H groups in total. The molecule has 3 heterocycles. The van der Waals surface area contributed by atoms with E-state index >= 15 is 0 Å². The zero-order chi connectivity index (χ0) is 19.1. The molecule has 0 atom stereocenters. The number of anilines is 1. The SMILES string of the molecule is O=C(O)c1cn(C2CC2)c2nc(N3CCC(=CCO)CC3)c(F)cc2c1=O. The summed E-state index contributed by atoms with van der Waals surface area (Å²) in [5.74, 6) is -1.76. The minimum atomic E-state index is -1.32. The fourth-order valence-corrected chi connectivity index (χ4v) is 3.58. The number of aliphatic hydroxyl groups is 1. The van der Waals surface area contributed by atoms with Crippen LogP contribution in [0.4, 0.5) is 10.2 Å². The number of carboxylic acids is 1. The first-order valence-electron chi connectivity index (χ1n) is 9.02. The molecule has 7 nitrogen and oxygen atoms in total. The Morgan fingerprint density at radius 2 is 2.04 bits per heavy atom. The standard InChI is InChI=1S/C19H20FN3O4/c20-15-9-13-16(25)14(19(26)27)10-23(12-1-2-12)17(13)21-18(15)22-6-3-11(4-7-22)5-8-24/h5,9-10,12,24H,1-4,6-8H2,(H,26,27). The lowest BCUT2D eigenvalue weighted by atomic mass is 10.0. The first kappa shape index (κ1) is 17.7. The van der Waals surface area contributed by atoms with Gasteiger partial charge < -0.3 is 19.7 Å². The molecule has 142 valence electrons. The molecule has 0 spiro atoms. The molecular formula is C19H20FN3O4. The van der Waals surface area contributed by atoms with E-state index in [1.165, 1.54) is 6.20 Å². The number of aromatic carboxylic acids is 1. The highest BCUT2D eigenvalue weighted by Gasteiger charge is 2.29. The number of rotatable bonds is 4. The van der Waals surface area contributed by atoms with Gasteiger partial charge in [0.05, 0.1) is 12.0 Å². The van der Waals surface area contributed by atoms with Crippen molar-refractivity contribution >= 4 is 22.8 Å². The number of pyridine rings is 2. The summed E-state index contributed by atoms with van der Waals surface area (Å²) in [4.78, 5) is 30.1. The number of fused-ring (bicyclic) bond motifs is 1. The zero-order valence-electron chi connectivity index (χ0n) is 14.7. The molecule has 2 aromatic rings. The van der Waals surface area contributed by atoms with Gasteiger partial charge in [-0.2, -0.15) is 0 Å². The van der Waals surface area contributed by atoms with E-state index in [2.05, 4.69) is 4.98 Å². The van der Waals surface area contributed by atoms with Crippen LogP contribution in [0.2, 0.25) is 0 Å². The molecule has 0 unspecified atom stereocenters. The van der Waals surface area contributed by atoms with E-state index in [0.29, 0.717) is 31.6 Å². The molecule has 0 bridgehead atoms. The summed E-state index contributed by atoms with van der Waals surface area (Å²) in [6.07, 6.45) is 6.30. The van der Waals surface area contributed by atoms with E-state index in [4.69, 9.17) is 5.11 Å². The predicted molar refractivity (Wildman–Crippen MR) is 97.8 cm³/mol. The largest absolute Gasteiger partial charge is 0.477 e. The first-order chi connectivity index (χ1) is 13.0. The lowest BCUT2D eigenvalue weighted by Gasteiger charge is -2.30. The summed E-state index contributed by atoms with van der Waals surface area (Å²) in [7, 11) is 0. The normalized spacial score (nSPS) is 17.4. The van der Waals surface area contributed by atoms with Gasteiger partial charge in [-0.25, -0.2) is 14.2 Å². The summed E-state index contributed by atoms with van der Waals surface area (Å²) >= 11 is 0. The summed E-state index contributed by atoms with van der Waals surface area (Å²) in [6.45, 7) is 1.14. The van der Waals surface area contributed by atoms with Crippen LogP contribution in [0, 0.1) is 5.82 Å². The van der Waals surface area contributed by atoms with Gasteiger partial charge in [0, 0.05) is 25.3 Å². The van der Waals surface area contributed by atoms with Crippen molar-refractivity contribution in [3.05, 3.63) is 45.5 Å². The predicted octanol–water partition coefficient (Wildman–Crippen LogP) is 2.09. The van der Waals surface area contributed by atoms with Crippen molar-refractivity contribution < 1.29 is 19.4 Å². The monoisotopic (exact) mass is 373 g/mol. The van der Waals surface area contributed by atoms with Crippen molar-refractivity contribution in [3.63, 3.8) is 0 Å². The van der Waals surface area contributed by atoms with E-state index in [-0.39, 0.29) is 29.4 Å². The third-order valence-electron chi connectivity index (χ3n) is 5.20. The number of piperidine rings is 1. The van der Waals surface area contributed by atoms with Crippen molar-refractivity contribution in [2.45, 2.75) is 31.7 Å². The average Bonchev–Trinajstić information content (AvgIpc) is 3.48. The van der Waals surface area contributed by atoms with Crippen molar-refractivity contribution in [2.75, 3.05) is 24.6 Å².